The summed E-state index contributed by atoms with van der Waals surface area (Å²) in [6, 6.07) is 18.0. The lowest BCUT2D eigenvalue weighted by Gasteiger charge is -2.31. The zero-order chi connectivity index (χ0) is 28.0. The maximum Gasteiger partial charge on any atom is 0.248 e. The zero-order valence-corrected chi connectivity index (χ0v) is 24.3. The van der Waals surface area contributed by atoms with E-state index < -0.39 is 0 Å². The Bertz CT molecular complexity index is 1590. The first kappa shape index (κ1) is 25.9. The van der Waals surface area contributed by atoms with Crippen molar-refractivity contribution in [2.75, 3.05) is 24.1 Å². The molecule has 8 nitrogen and oxygen atoms in total. The van der Waals surface area contributed by atoms with Crippen molar-refractivity contribution in [1.29, 1.82) is 0 Å². The molecule has 3 N–H and O–H groups in total. The molecule has 0 aliphatic heterocycles. The molecule has 0 saturated heterocycles. The summed E-state index contributed by atoms with van der Waals surface area (Å²) in [6.07, 6.45) is 13.6. The molecule has 0 unspecified atom stereocenters. The quantitative estimate of drug-likeness (QED) is 0.259. The highest BCUT2D eigenvalue weighted by Gasteiger charge is 2.33. The fraction of sp³-hybridized carbons (Fsp3) is 0.471. The van der Waals surface area contributed by atoms with E-state index >= 15 is 0 Å². The number of aromatic nitrogens is 5. The van der Waals surface area contributed by atoms with E-state index in [0.717, 1.165) is 55.3 Å². The number of hydrogen-bond acceptors (Lipinski definition) is 7. The lowest BCUT2D eigenvalue weighted by Crippen LogP contribution is -2.38. The Morgan fingerprint density at radius 1 is 0.786 bits per heavy atom. The van der Waals surface area contributed by atoms with Gasteiger partial charge in [0.1, 0.15) is 0 Å². The average molecular weight is 561 g/mol. The summed E-state index contributed by atoms with van der Waals surface area (Å²) in [5.41, 5.74) is 14.9. The molecule has 0 amide bonds. The maximum atomic E-state index is 6.34. The van der Waals surface area contributed by atoms with Crippen LogP contribution in [0.3, 0.4) is 0 Å². The van der Waals surface area contributed by atoms with Gasteiger partial charge in [-0.05, 0) is 123 Å². The number of anilines is 3. The molecule has 2 aromatic carbocycles. The minimum absolute atomic E-state index is 0.296. The van der Waals surface area contributed by atoms with Crippen LogP contribution in [0.25, 0.3) is 17.1 Å². The second kappa shape index (κ2) is 10.8. The Morgan fingerprint density at radius 3 is 2.36 bits per heavy atom. The fourth-order valence-corrected chi connectivity index (χ4v) is 7.02. The molecule has 8 heteroatoms. The van der Waals surface area contributed by atoms with E-state index in [0.29, 0.717) is 23.8 Å². The highest BCUT2D eigenvalue weighted by atomic mass is 15.4. The minimum atomic E-state index is 0.296. The third-order valence-corrected chi connectivity index (χ3v) is 9.73. The molecule has 4 aromatic rings. The smallest absolute Gasteiger partial charge is 0.248 e. The van der Waals surface area contributed by atoms with Crippen LogP contribution in [0.4, 0.5) is 17.6 Å². The second-order valence-electron chi connectivity index (χ2n) is 13.0. The number of rotatable bonds is 8. The molecule has 2 fully saturated rings. The molecule has 4 aliphatic rings. The summed E-state index contributed by atoms with van der Waals surface area (Å²) in [5.74, 6) is 3.28. The number of hydrogen-bond donors (Lipinski definition) is 2. The summed E-state index contributed by atoms with van der Waals surface area (Å²) in [7, 11) is 0. The van der Waals surface area contributed by atoms with Crippen LogP contribution in [0.5, 0.6) is 0 Å². The molecule has 216 valence electrons. The van der Waals surface area contributed by atoms with Gasteiger partial charge in [-0.15, -0.1) is 15.3 Å². The van der Waals surface area contributed by atoms with Gasteiger partial charge < -0.3 is 11.1 Å². The highest BCUT2D eigenvalue weighted by molar-refractivity contribution is 5.68. The molecule has 2 saturated carbocycles. The highest BCUT2D eigenvalue weighted by Crippen LogP contribution is 2.37. The molecular weight excluding hydrogens is 520 g/mol. The number of benzene rings is 2. The third kappa shape index (κ3) is 5.40. The van der Waals surface area contributed by atoms with Gasteiger partial charge in [0.25, 0.3) is 0 Å². The van der Waals surface area contributed by atoms with Gasteiger partial charge in [-0.2, -0.15) is 9.67 Å². The van der Waals surface area contributed by atoms with Crippen molar-refractivity contribution in [3.63, 3.8) is 0 Å². The van der Waals surface area contributed by atoms with E-state index in [-0.39, 0.29) is 0 Å². The van der Waals surface area contributed by atoms with Crippen LogP contribution < -0.4 is 11.1 Å². The lowest BCUT2D eigenvalue weighted by atomic mass is 10.0. The van der Waals surface area contributed by atoms with Crippen LogP contribution in [0, 0.1) is 11.8 Å². The number of nitrogens with one attached hydrogen (secondary N) is 1. The van der Waals surface area contributed by atoms with Crippen LogP contribution >= 0.6 is 0 Å². The monoisotopic (exact) mass is 560 g/mol. The van der Waals surface area contributed by atoms with Gasteiger partial charge in [0.2, 0.25) is 11.9 Å². The molecule has 42 heavy (non-hydrogen) atoms. The van der Waals surface area contributed by atoms with E-state index in [1.165, 1.54) is 79.4 Å². The van der Waals surface area contributed by atoms with Gasteiger partial charge in [-0.1, -0.05) is 30.3 Å². The zero-order valence-electron chi connectivity index (χ0n) is 24.3. The van der Waals surface area contributed by atoms with Gasteiger partial charge in [0.15, 0.2) is 5.82 Å². The van der Waals surface area contributed by atoms with Gasteiger partial charge >= 0.3 is 0 Å². The van der Waals surface area contributed by atoms with Crippen molar-refractivity contribution in [2.45, 2.75) is 76.7 Å². The van der Waals surface area contributed by atoms with Gasteiger partial charge in [0.05, 0.1) is 5.69 Å². The number of nitrogens with zero attached hydrogens (tertiary/aromatic N) is 6. The normalized spacial score (nSPS) is 19.9. The van der Waals surface area contributed by atoms with Crippen LogP contribution in [0.15, 0.2) is 48.5 Å². The third-order valence-electron chi connectivity index (χ3n) is 9.73. The predicted molar refractivity (Wildman–Crippen MR) is 166 cm³/mol. The molecule has 2 heterocycles. The average Bonchev–Trinajstić information content (AvgIpc) is 3.92. The summed E-state index contributed by atoms with van der Waals surface area (Å²) in [4.78, 5) is 7.39. The Labute approximate surface area is 247 Å². The summed E-state index contributed by atoms with van der Waals surface area (Å²) >= 11 is 0. The van der Waals surface area contributed by atoms with Gasteiger partial charge in [-0.3, -0.25) is 4.90 Å². The van der Waals surface area contributed by atoms with Crippen LogP contribution in [0.2, 0.25) is 0 Å². The topological polar surface area (TPSA) is 97.8 Å². The van der Waals surface area contributed by atoms with Crippen molar-refractivity contribution in [3.05, 3.63) is 70.8 Å². The molecule has 8 rings (SSSR count). The lowest BCUT2D eigenvalue weighted by molar-refractivity contribution is 0.165. The molecule has 0 bridgehead atoms. The first-order chi connectivity index (χ1) is 20.7. The Balaban J connectivity index is 0.982. The number of aryl methyl sites for hydroxylation is 4. The van der Waals surface area contributed by atoms with E-state index in [1.54, 1.807) is 4.68 Å². The van der Waals surface area contributed by atoms with Crippen LogP contribution in [-0.4, -0.2) is 49.0 Å². The van der Waals surface area contributed by atoms with E-state index in [4.69, 9.17) is 5.73 Å². The maximum absolute atomic E-state index is 6.34. The molecule has 1 atom stereocenters. The molecular formula is C34H40N8. The summed E-state index contributed by atoms with van der Waals surface area (Å²) < 4.78 is 1.59. The SMILES string of the molecule is Nc1nc(Nc2ccc3c(c2)CC[C@H](N(CC2CC2)CC2CC2)CC3)nn1-c1cc2c(nn1)-c1ccccc1CCC2. The van der Waals surface area contributed by atoms with Crippen molar-refractivity contribution in [1.82, 2.24) is 29.9 Å². The largest absolute Gasteiger partial charge is 0.368 e. The first-order valence-electron chi connectivity index (χ1n) is 16.0. The molecule has 0 spiro atoms. The fourth-order valence-electron chi connectivity index (χ4n) is 7.02. The van der Waals surface area contributed by atoms with Crippen LogP contribution in [0.1, 0.15) is 67.2 Å². The van der Waals surface area contributed by atoms with Gasteiger partial charge in [-0.25, -0.2) is 0 Å². The standard InChI is InChI=1S/C34H40N8/c35-33-37-34(40-42(33)31-19-27-6-3-5-25-4-1-2-7-30(25)32(27)39-38-31)36-28-15-12-24-13-16-29(17-14-26(24)18-28)41(20-22-8-9-22)21-23-10-11-23/h1-2,4,7,12,15,18-19,22-23,29H,3,5-6,8-11,13-14,16-17,20-21H2,(H3,35,36,37,40)/t29-/m1/s1. The predicted octanol–water partition coefficient (Wildman–Crippen LogP) is 5.91. The van der Waals surface area contributed by atoms with E-state index in [9.17, 15) is 0 Å². The van der Waals surface area contributed by atoms with Crippen molar-refractivity contribution < 1.29 is 0 Å². The van der Waals surface area contributed by atoms with Crippen molar-refractivity contribution >= 4 is 17.6 Å². The number of nitrogen functional groups attached to an aromatic ring is 1. The second-order valence-corrected chi connectivity index (χ2v) is 13.0. The van der Waals surface area contributed by atoms with Crippen LogP contribution in [-0.2, 0) is 25.7 Å². The molecule has 0 radical (unpaired) electrons. The van der Waals surface area contributed by atoms with E-state index in [1.807, 2.05) is 0 Å². The first-order valence-corrected chi connectivity index (χ1v) is 16.0. The summed E-state index contributed by atoms with van der Waals surface area (Å²) in [6.45, 7) is 2.64. The van der Waals surface area contributed by atoms with E-state index in [2.05, 4.69) is 79.0 Å². The van der Waals surface area contributed by atoms with Crippen molar-refractivity contribution in [2.24, 2.45) is 11.8 Å². The van der Waals surface area contributed by atoms with Crippen molar-refractivity contribution in [3.8, 4) is 17.1 Å². The Kier molecular flexibility index (Phi) is 6.66. The Morgan fingerprint density at radius 2 is 1.55 bits per heavy atom. The number of fused-ring (bicyclic) bond motifs is 4. The molecule has 4 aliphatic carbocycles. The number of nitrogens with two attached hydrogens (primary N) is 1. The minimum Gasteiger partial charge on any atom is -0.368 e. The van der Waals surface area contributed by atoms with Gasteiger partial charge in [0, 0.05) is 30.4 Å². The summed E-state index contributed by atoms with van der Waals surface area (Å²) in [5, 5.41) is 17.2. The molecule has 2 aromatic heterocycles. The Hall–Kier alpha value is -3.78.